The largest absolute Gasteiger partial charge is 0.494 e. The first kappa shape index (κ1) is 20.2. The summed E-state index contributed by atoms with van der Waals surface area (Å²) in [6.45, 7) is 9.63. The van der Waals surface area contributed by atoms with Gasteiger partial charge in [-0.3, -0.25) is 0 Å². The van der Waals surface area contributed by atoms with Gasteiger partial charge in [0.1, 0.15) is 11.6 Å². The van der Waals surface area contributed by atoms with Crippen LogP contribution in [0.15, 0.2) is 54.6 Å². The number of imidazole rings is 1. The van der Waals surface area contributed by atoms with Gasteiger partial charge in [0.25, 0.3) is 0 Å². The van der Waals surface area contributed by atoms with Crippen molar-refractivity contribution < 1.29 is 4.74 Å². The third-order valence-corrected chi connectivity index (χ3v) is 4.88. The summed E-state index contributed by atoms with van der Waals surface area (Å²) in [7, 11) is 0. The number of rotatable bonds is 10. The van der Waals surface area contributed by atoms with E-state index in [1.165, 1.54) is 23.2 Å². The van der Waals surface area contributed by atoms with Gasteiger partial charge in [-0.25, -0.2) is 4.98 Å². The van der Waals surface area contributed by atoms with Crippen LogP contribution in [0.5, 0.6) is 5.75 Å². The summed E-state index contributed by atoms with van der Waals surface area (Å²) in [6.07, 6.45) is 2.34. The Labute approximate surface area is 168 Å². The summed E-state index contributed by atoms with van der Waals surface area (Å²) in [5.74, 6) is 2.01. The Morgan fingerprint density at radius 1 is 1.00 bits per heavy atom. The Hall–Kier alpha value is -2.59. The van der Waals surface area contributed by atoms with E-state index in [2.05, 4.69) is 60.1 Å². The molecule has 0 fully saturated rings. The highest BCUT2D eigenvalue weighted by Crippen LogP contribution is 2.25. The molecule has 0 unspecified atom stereocenters. The number of hydrogen-bond donors (Lipinski definition) is 1. The maximum Gasteiger partial charge on any atom is 0.119 e. The van der Waals surface area contributed by atoms with E-state index in [0.29, 0.717) is 6.61 Å². The molecule has 3 rings (SSSR count). The molecule has 0 saturated carbocycles. The van der Waals surface area contributed by atoms with Gasteiger partial charge in [0.2, 0.25) is 0 Å². The first-order valence-electron chi connectivity index (χ1n) is 10.3. The Morgan fingerprint density at radius 3 is 2.57 bits per heavy atom. The van der Waals surface area contributed by atoms with Crippen LogP contribution in [0.3, 0.4) is 0 Å². The van der Waals surface area contributed by atoms with Crippen LogP contribution in [-0.2, 0) is 19.6 Å². The summed E-state index contributed by atoms with van der Waals surface area (Å²) >= 11 is 0. The molecule has 0 amide bonds. The highest BCUT2D eigenvalue weighted by molar-refractivity contribution is 5.62. The lowest BCUT2D eigenvalue weighted by atomic mass is 10.1. The van der Waals surface area contributed by atoms with E-state index >= 15 is 0 Å². The van der Waals surface area contributed by atoms with Gasteiger partial charge in [-0.1, -0.05) is 55.8 Å². The van der Waals surface area contributed by atoms with Gasteiger partial charge < -0.3 is 14.6 Å². The maximum absolute atomic E-state index is 5.61. The maximum atomic E-state index is 5.61. The number of hydrogen-bond acceptors (Lipinski definition) is 3. The second-order valence-electron chi connectivity index (χ2n) is 7.01. The van der Waals surface area contributed by atoms with Crippen LogP contribution in [-0.4, -0.2) is 16.2 Å². The van der Waals surface area contributed by atoms with Gasteiger partial charge in [-0.15, -0.1) is 0 Å². The normalized spacial score (nSPS) is 11.0. The predicted molar refractivity (Wildman–Crippen MR) is 115 cm³/mol. The van der Waals surface area contributed by atoms with Crippen LogP contribution in [0.1, 0.15) is 43.8 Å². The van der Waals surface area contributed by atoms with Crippen molar-refractivity contribution in [3.63, 3.8) is 0 Å². The van der Waals surface area contributed by atoms with Gasteiger partial charge in [0.15, 0.2) is 0 Å². The minimum absolute atomic E-state index is 0.688. The SMILES string of the molecule is CCCCn1c(C)nc(-c2ccccc2)c1CNCc1cccc(OCC)c1. The van der Waals surface area contributed by atoms with E-state index in [1.807, 2.05) is 25.1 Å². The predicted octanol–water partition coefficient (Wildman–Crippen LogP) is 5.35. The van der Waals surface area contributed by atoms with Crippen LogP contribution in [0.25, 0.3) is 11.3 Å². The molecule has 1 aromatic heterocycles. The lowest BCUT2D eigenvalue weighted by molar-refractivity contribution is 0.340. The minimum atomic E-state index is 0.688. The molecule has 28 heavy (non-hydrogen) atoms. The van der Waals surface area contributed by atoms with Crippen LogP contribution in [0, 0.1) is 6.92 Å². The van der Waals surface area contributed by atoms with Crippen LogP contribution in [0.4, 0.5) is 0 Å². The van der Waals surface area contributed by atoms with Gasteiger partial charge in [0.05, 0.1) is 18.0 Å². The van der Waals surface area contributed by atoms with Crippen molar-refractivity contribution >= 4 is 0 Å². The van der Waals surface area contributed by atoms with Crippen molar-refractivity contribution in [1.29, 1.82) is 0 Å². The van der Waals surface area contributed by atoms with Gasteiger partial charge in [0, 0.05) is 25.2 Å². The molecule has 0 bridgehead atoms. The smallest absolute Gasteiger partial charge is 0.119 e. The summed E-state index contributed by atoms with van der Waals surface area (Å²) < 4.78 is 7.98. The van der Waals surface area contributed by atoms with Crippen LogP contribution >= 0.6 is 0 Å². The molecule has 0 aliphatic rings. The Bertz CT molecular complexity index is 871. The molecule has 0 aliphatic heterocycles. The number of benzene rings is 2. The fraction of sp³-hybridized carbons (Fsp3) is 0.375. The minimum Gasteiger partial charge on any atom is -0.494 e. The van der Waals surface area contributed by atoms with Gasteiger partial charge in [-0.2, -0.15) is 0 Å². The zero-order valence-electron chi connectivity index (χ0n) is 17.2. The van der Waals surface area contributed by atoms with Crippen molar-refractivity contribution in [3.8, 4) is 17.0 Å². The zero-order valence-corrected chi connectivity index (χ0v) is 17.2. The number of aryl methyl sites for hydroxylation is 1. The average molecular weight is 378 g/mol. The molecular formula is C24H31N3O. The van der Waals surface area contributed by atoms with E-state index in [9.17, 15) is 0 Å². The quantitative estimate of drug-likeness (QED) is 0.518. The molecule has 2 aromatic carbocycles. The topological polar surface area (TPSA) is 39.1 Å². The number of ether oxygens (including phenoxy) is 1. The summed E-state index contributed by atoms with van der Waals surface area (Å²) in [6, 6.07) is 18.8. The first-order chi connectivity index (χ1) is 13.7. The standard InChI is InChI=1S/C24H31N3O/c1-4-6-15-27-19(3)26-24(21-12-8-7-9-13-21)23(27)18-25-17-20-11-10-14-22(16-20)28-5-2/h7-14,16,25H,4-6,15,17-18H2,1-3H3. The monoisotopic (exact) mass is 377 g/mol. The van der Waals surface area contributed by atoms with Gasteiger partial charge >= 0.3 is 0 Å². The molecule has 0 aliphatic carbocycles. The lowest BCUT2D eigenvalue weighted by Gasteiger charge is -2.13. The first-order valence-corrected chi connectivity index (χ1v) is 10.3. The summed E-state index contributed by atoms with van der Waals surface area (Å²) in [5, 5.41) is 3.61. The fourth-order valence-corrected chi connectivity index (χ4v) is 3.47. The van der Waals surface area contributed by atoms with Crippen molar-refractivity contribution in [1.82, 2.24) is 14.9 Å². The van der Waals surface area contributed by atoms with E-state index in [4.69, 9.17) is 9.72 Å². The molecule has 0 radical (unpaired) electrons. The number of nitrogens with one attached hydrogen (secondary N) is 1. The molecule has 1 N–H and O–H groups in total. The van der Waals surface area contributed by atoms with Crippen molar-refractivity contribution in [2.75, 3.05) is 6.61 Å². The van der Waals surface area contributed by atoms with E-state index in [1.54, 1.807) is 0 Å². The lowest BCUT2D eigenvalue weighted by Crippen LogP contribution is -2.17. The molecule has 4 nitrogen and oxygen atoms in total. The van der Waals surface area contributed by atoms with Crippen molar-refractivity contribution in [3.05, 3.63) is 71.7 Å². The molecule has 3 aromatic rings. The fourth-order valence-electron chi connectivity index (χ4n) is 3.47. The summed E-state index contributed by atoms with van der Waals surface area (Å²) in [4.78, 5) is 4.90. The number of unbranched alkanes of at least 4 members (excludes halogenated alkanes) is 1. The third-order valence-electron chi connectivity index (χ3n) is 4.88. The number of nitrogens with zero attached hydrogens (tertiary/aromatic N) is 2. The zero-order chi connectivity index (χ0) is 19.8. The molecule has 4 heteroatoms. The van der Waals surface area contributed by atoms with Gasteiger partial charge in [-0.05, 0) is 38.0 Å². The highest BCUT2D eigenvalue weighted by atomic mass is 16.5. The van der Waals surface area contributed by atoms with E-state index in [-0.39, 0.29) is 0 Å². The van der Waals surface area contributed by atoms with Crippen molar-refractivity contribution in [2.45, 2.75) is 53.2 Å². The van der Waals surface area contributed by atoms with Crippen LogP contribution < -0.4 is 10.1 Å². The highest BCUT2D eigenvalue weighted by Gasteiger charge is 2.15. The Morgan fingerprint density at radius 2 is 1.82 bits per heavy atom. The second kappa shape index (κ2) is 10.1. The van der Waals surface area contributed by atoms with E-state index in [0.717, 1.165) is 43.3 Å². The molecule has 0 atom stereocenters. The molecule has 1 heterocycles. The summed E-state index contributed by atoms with van der Waals surface area (Å²) in [5.41, 5.74) is 4.75. The van der Waals surface area contributed by atoms with Crippen LogP contribution in [0.2, 0.25) is 0 Å². The molecular weight excluding hydrogens is 346 g/mol. The average Bonchev–Trinajstić information content (AvgIpc) is 3.03. The van der Waals surface area contributed by atoms with Crippen molar-refractivity contribution in [2.24, 2.45) is 0 Å². The van der Waals surface area contributed by atoms with E-state index < -0.39 is 0 Å². The second-order valence-corrected chi connectivity index (χ2v) is 7.01. The Balaban J connectivity index is 1.78. The molecule has 0 saturated heterocycles. The third kappa shape index (κ3) is 5.02. The Kier molecular flexibility index (Phi) is 7.26. The molecule has 148 valence electrons. The molecule has 0 spiro atoms. The number of aromatic nitrogens is 2.